The first-order valence-electron chi connectivity index (χ1n) is 13.0. The number of rotatable bonds is 12. The summed E-state index contributed by atoms with van der Waals surface area (Å²) in [5.41, 5.74) is 7.71. The molecule has 2 heterocycles. The third kappa shape index (κ3) is 7.04. The van der Waals surface area contributed by atoms with Crippen LogP contribution in [0.2, 0.25) is 0 Å². The van der Waals surface area contributed by atoms with Crippen molar-refractivity contribution in [2.24, 2.45) is 5.73 Å². The van der Waals surface area contributed by atoms with Gasteiger partial charge in [-0.05, 0) is 55.5 Å². The number of amides is 1. The summed E-state index contributed by atoms with van der Waals surface area (Å²) in [5, 5.41) is 22.3. The number of carbonyl (C=O) groups excluding carboxylic acids is 1. The molecule has 12 nitrogen and oxygen atoms in total. The molecule has 2 atom stereocenters. The molecule has 1 amide bonds. The van der Waals surface area contributed by atoms with Crippen LogP contribution in [0.4, 0.5) is 0 Å². The van der Waals surface area contributed by atoms with Gasteiger partial charge in [0.1, 0.15) is 12.1 Å². The van der Waals surface area contributed by atoms with Crippen molar-refractivity contribution in [2.75, 3.05) is 13.1 Å². The maximum absolute atomic E-state index is 13.1. The van der Waals surface area contributed by atoms with Crippen LogP contribution in [0.1, 0.15) is 30.5 Å². The fourth-order valence-electron chi connectivity index (χ4n) is 4.65. The number of benzene rings is 2. The average molecular weight is 568 g/mol. The van der Waals surface area contributed by atoms with E-state index in [1.165, 1.54) is 12.1 Å². The highest BCUT2D eigenvalue weighted by molar-refractivity contribution is 7.89. The predicted molar refractivity (Wildman–Crippen MR) is 148 cm³/mol. The number of carboxylic acids is 1. The molecule has 0 unspecified atom stereocenters. The zero-order valence-electron chi connectivity index (χ0n) is 21.9. The Balaban J connectivity index is 1.37. The summed E-state index contributed by atoms with van der Waals surface area (Å²) in [4.78, 5) is 29.6. The summed E-state index contributed by atoms with van der Waals surface area (Å²) in [5.74, 6) is -1.89. The summed E-state index contributed by atoms with van der Waals surface area (Å²) in [6, 6.07) is 13.0. The molecule has 0 spiro atoms. The van der Waals surface area contributed by atoms with Crippen molar-refractivity contribution in [2.45, 2.75) is 49.1 Å². The van der Waals surface area contributed by atoms with Gasteiger partial charge in [-0.2, -0.15) is 4.31 Å². The Morgan fingerprint density at radius 3 is 2.55 bits per heavy atom. The third-order valence-corrected chi connectivity index (χ3v) is 8.63. The molecule has 3 aromatic rings. The van der Waals surface area contributed by atoms with Crippen molar-refractivity contribution >= 4 is 27.9 Å². The number of carbonyl (C=O) groups is 2. The third-order valence-electron chi connectivity index (χ3n) is 6.71. The maximum atomic E-state index is 13.1. The van der Waals surface area contributed by atoms with Crippen LogP contribution >= 0.6 is 0 Å². The van der Waals surface area contributed by atoms with E-state index in [1.54, 1.807) is 36.7 Å². The summed E-state index contributed by atoms with van der Waals surface area (Å²) < 4.78 is 29.2. The van der Waals surface area contributed by atoms with Gasteiger partial charge in [-0.15, -0.1) is 0 Å². The molecule has 1 fully saturated rings. The Kier molecular flexibility index (Phi) is 9.17. The molecule has 0 bridgehead atoms. The first kappa shape index (κ1) is 28.8. The molecule has 1 aliphatic heterocycles. The van der Waals surface area contributed by atoms with Crippen molar-refractivity contribution in [3.63, 3.8) is 0 Å². The van der Waals surface area contributed by atoms with E-state index < -0.39 is 34.0 Å². The molecule has 1 saturated heterocycles. The minimum atomic E-state index is -3.89. The Morgan fingerprint density at radius 2 is 1.88 bits per heavy atom. The van der Waals surface area contributed by atoms with Gasteiger partial charge in [0.15, 0.2) is 5.96 Å². The molecule has 4 rings (SSSR count). The number of aromatic nitrogens is 2. The molecular formula is C27H33N7O5S. The minimum absolute atomic E-state index is 0.0395. The predicted octanol–water partition coefficient (Wildman–Crippen LogP) is 1.25. The fraction of sp³-hybridized carbons (Fsp3) is 0.333. The fourth-order valence-corrected chi connectivity index (χ4v) is 6.33. The van der Waals surface area contributed by atoms with Gasteiger partial charge in [-0.3, -0.25) is 10.2 Å². The number of hydrogen-bond donors (Lipinski definition) is 5. The number of carboxylic acid groups (broad SMARTS) is 1. The van der Waals surface area contributed by atoms with Crippen LogP contribution in [-0.4, -0.2) is 70.4 Å². The molecule has 0 radical (unpaired) electrons. The topological polar surface area (TPSA) is 184 Å². The van der Waals surface area contributed by atoms with Gasteiger partial charge in [0.25, 0.3) is 0 Å². The Hall–Kier alpha value is -4.23. The molecule has 1 aromatic heterocycles. The van der Waals surface area contributed by atoms with E-state index in [-0.39, 0.29) is 23.8 Å². The van der Waals surface area contributed by atoms with Crippen LogP contribution < -0.4 is 16.4 Å². The van der Waals surface area contributed by atoms with E-state index in [0.717, 1.165) is 28.5 Å². The Morgan fingerprint density at radius 1 is 1.15 bits per heavy atom. The second-order valence-corrected chi connectivity index (χ2v) is 11.5. The van der Waals surface area contributed by atoms with Gasteiger partial charge < -0.3 is 26.0 Å². The van der Waals surface area contributed by atoms with Crippen LogP contribution in [0.25, 0.3) is 5.69 Å². The van der Waals surface area contributed by atoms with Gasteiger partial charge in [0, 0.05) is 31.4 Å². The van der Waals surface area contributed by atoms with Gasteiger partial charge in [0.05, 0.1) is 16.9 Å². The van der Waals surface area contributed by atoms with Crippen molar-refractivity contribution in [1.82, 2.24) is 24.5 Å². The van der Waals surface area contributed by atoms with Crippen molar-refractivity contribution in [3.8, 4) is 5.69 Å². The lowest BCUT2D eigenvalue weighted by molar-refractivity contribution is -0.142. The molecular weight excluding hydrogens is 534 g/mol. The lowest BCUT2D eigenvalue weighted by Gasteiger charge is -2.25. The zero-order chi connectivity index (χ0) is 28.7. The maximum Gasteiger partial charge on any atom is 0.326 e. The zero-order valence-corrected chi connectivity index (χ0v) is 22.7. The summed E-state index contributed by atoms with van der Waals surface area (Å²) >= 11 is 0. The standard InChI is InChI=1S/C27H33N7O5S/c28-27(29)30-14-4-6-20-17-33(18-31-20)21-12-10-19(11-13-21)16-23(26(36)37)32-25(35)24-9-5-15-34(24)40(38,39)22-7-2-1-3-8-22/h1-3,7-8,10-13,17-18,23-24H,4-6,9,14-16H2,(H,32,35)(H,36,37)(H4,28,29,30)/t23-,24-/m0/s1. The second kappa shape index (κ2) is 12.7. The van der Waals surface area contributed by atoms with Crippen LogP contribution in [0.15, 0.2) is 72.0 Å². The molecule has 13 heteroatoms. The van der Waals surface area contributed by atoms with Gasteiger partial charge >= 0.3 is 5.97 Å². The Labute approximate surface area is 232 Å². The molecule has 40 heavy (non-hydrogen) atoms. The van der Waals surface area contributed by atoms with Gasteiger partial charge in [-0.25, -0.2) is 18.2 Å². The first-order chi connectivity index (χ1) is 19.1. The summed E-state index contributed by atoms with van der Waals surface area (Å²) in [6.45, 7) is 0.777. The van der Waals surface area contributed by atoms with Crippen LogP contribution in [-0.2, 0) is 32.5 Å². The van der Waals surface area contributed by atoms with Crippen molar-refractivity contribution < 1.29 is 23.1 Å². The number of imidazole rings is 1. The van der Waals surface area contributed by atoms with Crippen LogP contribution in [0.5, 0.6) is 0 Å². The number of guanidine groups is 1. The quantitative estimate of drug-likeness (QED) is 0.123. The molecule has 0 saturated carbocycles. The molecule has 212 valence electrons. The van der Waals surface area contributed by atoms with E-state index in [1.807, 2.05) is 22.9 Å². The number of hydrogen-bond acceptors (Lipinski definition) is 6. The highest BCUT2D eigenvalue weighted by Crippen LogP contribution is 2.26. The van der Waals surface area contributed by atoms with E-state index in [2.05, 4.69) is 15.6 Å². The molecule has 6 N–H and O–H groups in total. The highest BCUT2D eigenvalue weighted by atomic mass is 32.2. The number of sulfonamides is 1. The van der Waals surface area contributed by atoms with Gasteiger partial charge in [-0.1, -0.05) is 30.3 Å². The number of nitrogens with one attached hydrogen (secondary N) is 3. The average Bonchev–Trinajstić information content (AvgIpc) is 3.62. The molecule has 0 aliphatic carbocycles. The van der Waals surface area contributed by atoms with Crippen LogP contribution in [0, 0.1) is 5.41 Å². The Bertz CT molecular complexity index is 1440. The monoisotopic (exact) mass is 567 g/mol. The highest BCUT2D eigenvalue weighted by Gasteiger charge is 2.40. The minimum Gasteiger partial charge on any atom is -0.480 e. The smallest absolute Gasteiger partial charge is 0.326 e. The van der Waals surface area contributed by atoms with Crippen molar-refractivity contribution in [3.05, 3.63) is 78.4 Å². The van der Waals surface area contributed by atoms with Gasteiger partial charge in [0.2, 0.25) is 15.9 Å². The summed E-state index contributed by atoms with van der Waals surface area (Å²) in [7, 11) is -3.89. The number of aliphatic carboxylic acids is 1. The van der Waals surface area contributed by atoms with Crippen molar-refractivity contribution in [1.29, 1.82) is 5.41 Å². The second-order valence-electron chi connectivity index (χ2n) is 9.57. The van der Waals surface area contributed by atoms with E-state index in [4.69, 9.17) is 11.1 Å². The van der Waals surface area contributed by atoms with E-state index in [9.17, 15) is 23.1 Å². The largest absolute Gasteiger partial charge is 0.480 e. The first-order valence-corrected chi connectivity index (χ1v) is 14.4. The SMILES string of the molecule is N=C(N)NCCCc1cn(-c2ccc(C[C@H](NC(=O)[C@@H]3CCCN3S(=O)(=O)c3ccccc3)C(=O)O)cc2)cn1. The summed E-state index contributed by atoms with van der Waals surface area (Å²) in [6.07, 6.45) is 5.95. The number of nitrogens with zero attached hydrogens (tertiary/aromatic N) is 3. The molecule has 1 aliphatic rings. The van der Waals surface area contributed by atoms with Crippen LogP contribution in [0.3, 0.4) is 0 Å². The molecule has 2 aromatic carbocycles. The number of aryl methyl sites for hydroxylation is 1. The lowest BCUT2D eigenvalue weighted by atomic mass is 10.0. The lowest BCUT2D eigenvalue weighted by Crippen LogP contribution is -2.51. The number of nitrogens with two attached hydrogens (primary N) is 1. The normalized spacial score (nSPS) is 16.4. The van der Waals surface area contributed by atoms with E-state index in [0.29, 0.717) is 24.9 Å². The van der Waals surface area contributed by atoms with E-state index >= 15 is 0 Å².